The summed E-state index contributed by atoms with van der Waals surface area (Å²) in [5.41, 5.74) is 0.0288. The number of hydrogen-bond donors (Lipinski definition) is 0. The summed E-state index contributed by atoms with van der Waals surface area (Å²) in [6.45, 7) is 16.7. The number of thioether (sulfide) groups is 1. The highest BCUT2D eigenvalue weighted by Crippen LogP contribution is 2.35. The van der Waals surface area contributed by atoms with Crippen molar-refractivity contribution >= 4 is 23.7 Å². The second kappa shape index (κ2) is 31.5. The van der Waals surface area contributed by atoms with Crippen molar-refractivity contribution in [2.75, 3.05) is 31.3 Å². The Balaban J connectivity index is 0. The summed E-state index contributed by atoms with van der Waals surface area (Å²) in [5.74, 6) is 1.40. The highest BCUT2D eigenvalue weighted by atomic mass is 32.2. The third-order valence-electron chi connectivity index (χ3n) is 9.16. The third kappa shape index (κ3) is 25.6. The molecule has 51 heavy (non-hydrogen) atoms. The van der Waals surface area contributed by atoms with Crippen molar-refractivity contribution in [1.82, 2.24) is 0 Å². The number of carbonyl (C=O) groups is 2. The van der Waals surface area contributed by atoms with Gasteiger partial charge >= 0.3 is 11.9 Å². The van der Waals surface area contributed by atoms with Gasteiger partial charge in [-0.2, -0.15) is 16.6 Å². The average molecular weight is 737 g/mol. The molecule has 1 aromatic carbocycles. The fourth-order valence-electron chi connectivity index (χ4n) is 5.92. The summed E-state index contributed by atoms with van der Waals surface area (Å²) < 4.78 is 11.1. The maximum absolute atomic E-state index is 12.8. The quantitative estimate of drug-likeness (QED) is 0.0240. The predicted molar refractivity (Wildman–Crippen MR) is 220 cm³/mol. The van der Waals surface area contributed by atoms with Crippen LogP contribution in [0.25, 0.3) is 0 Å². The van der Waals surface area contributed by atoms with Crippen LogP contribution in [0.5, 0.6) is 0 Å². The molecule has 0 aromatic heterocycles. The van der Waals surface area contributed by atoms with E-state index >= 15 is 0 Å². The molecule has 298 valence electrons. The minimum Gasteiger partial charge on any atom is -0.465 e. The number of esters is 2. The second-order valence-electron chi connectivity index (χ2n) is 15.0. The number of carbonyl (C=O) groups excluding carboxylic acids is 2. The van der Waals surface area contributed by atoms with Crippen LogP contribution in [-0.2, 0) is 28.8 Å². The molecule has 0 saturated heterocycles. The second-order valence-corrected chi connectivity index (χ2v) is 16.0. The van der Waals surface area contributed by atoms with Gasteiger partial charge in [-0.1, -0.05) is 162 Å². The molecular weight excluding hydrogens is 657 g/mol. The Kier molecular flexibility index (Phi) is 31.6. The van der Waals surface area contributed by atoms with E-state index in [-0.39, 0.29) is 40.0 Å². The number of ether oxygens (including phenoxy) is 2. The fourth-order valence-corrected chi connectivity index (χ4v) is 6.93. The lowest BCUT2D eigenvalue weighted by Gasteiger charge is -2.27. The first-order valence-electron chi connectivity index (χ1n) is 19.5. The Morgan fingerprint density at radius 1 is 0.667 bits per heavy atom. The van der Waals surface area contributed by atoms with Crippen LogP contribution in [0.4, 0.5) is 0 Å². The van der Waals surface area contributed by atoms with E-state index in [0.717, 1.165) is 19.3 Å². The van der Waals surface area contributed by atoms with E-state index in [1.807, 2.05) is 45.9 Å². The number of rotatable bonds is 32. The standard InChI is InChI=1S/C42H72O6S.2CH4/c1-8-10-11-12-13-14-15-16-17-18-19-20-21-22-23-27-30-45-40(44)42(6,7)35-49-34-36(3)48-47-32-31-46-39(43)41(4,5)33-37(9-2)38-28-25-24-26-29-38;;/h24-26,28-29,37H,3,8-23,27,30-35H2,1-2,4-7H3;2*1H4. The van der Waals surface area contributed by atoms with Gasteiger partial charge in [0.05, 0.1) is 23.2 Å². The zero-order valence-corrected chi connectivity index (χ0v) is 33.1. The van der Waals surface area contributed by atoms with Gasteiger partial charge in [0.25, 0.3) is 0 Å². The van der Waals surface area contributed by atoms with Gasteiger partial charge in [-0.15, -0.1) is 0 Å². The molecule has 0 aliphatic carbocycles. The van der Waals surface area contributed by atoms with Crippen molar-refractivity contribution in [3.8, 4) is 0 Å². The van der Waals surface area contributed by atoms with Crippen LogP contribution in [0.2, 0.25) is 0 Å². The topological polar surface area (TPSA) is 71.1 Å². The van der Waals surface area contributed by atoms with E-state index in [4.69, 9.17) is 19.2 Å². The van der Waals surface area contributed by atoms with E-state index in [1.165, 1.54) is 95.5 Å². The largest absolute Gasteiger partial charge is 0.465 e. The van der Waals surface area contributed by atoms with Crippen LogP contribution in [0.1, 0.15) is 183 Å². The molecule has 1 unspecified atom stereocenters. The third-order valence-corrected chi connectivity index (χ3v) is 10.6. The Labute approximate surface area is 319 Å². The van der Waals surface area contributed by atoms with Gasteiger partial charge in [-0.25, -0.2) is 0 Å². The van der Waals surface area contributed by atoms with E-state index in [2.05, 4.69) is 32.6 Å². The van der Waals surface area contributed by atoms with E-state index in [0.29, 0.717) is 36.2 Å². The zero-order valence-electron chi connectivity index (χ0n) is 32.3. The van der Waals surface area contributed by atoms with Crippen molar-refractivity contribution in [2.24, 2.45) is 10.8 Å². The normalized spacial score (nSPS) is 12.0. The minimum absolute atomic E-state index is 0. The van der Waals surface area contributed by atoms with Crippen molar-refractivity contribution in [3.05, 3.63) is 48.2 Å². The highest BCUT2D eigenvalue weighted by molar-refractivity contribution is 7.99. The monoisotopic (exact) mass is 737 g/mol. The van der Waals surface area contributed by atoms with Gasteiger partial charge in [0.1, 0.15) is 19.0 Å². The first kappa shape index (κ1) is 51.1. The van der Waals surface area contributed by atoms with E-state index in [9.17, 15) is 9.59 Å². The van der Waals surface area contributed by atoms with Crippen LogP contribution in [0.15, 0.2) is 42.7 Å². The van der Waals surface area contributed by atoms with Crippen molar-refractivity contribution < 1.29 is 28.8 Å². The molecule has 1 rings (SSSR count). The van der Waals surface area contributed by atoms with E-state index < -0.39 is 10.8 Å². The van der Waals surface area contributed by atoms with Gasteiger partial charge in [0, 0.05) is 5.75 Å². The summed E-state index contributed by atoms with van der Waals surface area (Å²) in [5, 5.41) is 0. The zero-order chi connectivity index (χ0) is 36.2. The molecule has 0 saturated carbocycles. The first-order chi connectivity index (χ1) is 23.5. The van der Waals surface area contributed by atoms with Crippen LogP contribution in [0.3, 0.4) is 0 Å². The van der Waals surface area contributed by atoms with Crippen LogP contribution < -0.4 is 0 Å². The Bertz CT molecular complexity index is 993. The van der Waals surface area contributed by atoms with Gasteiger partial charge in [0.2, 0.25) is 0 Å². The lowest BCUT2D eigenvalue weighted by atomic mass is 9.79. The molecule has 0 aliphatic rings. The summed E-state index contributed by atoms with van der Waals surface area (Å²) in [7, 11) is 0. The minimum atomic E-state index is -0.614. The summed E-state index contributed by atoms with van der Waals surface area (Å²) in [4.78, 5) is 35.9. The van der Waals surface area contributed by atoms with Gasteiger partial charge < -0.3 is 14.4 Å². The molecule has 0 aliphatic heterocycles. The first-order valence-corrected chi connectivity index (χ1v) is 20.6. The SMILES string of the molecule is C.C.C=C(CSCC(C)(C)C(=O)OCCCCCCCCCCCCCCCCCC)OOCCOC(=O)C(C)(C)CC(CC)c1ccccc1. The molecule has 0 heterocycles. The van der Waals surface area contributed by atoms with Crippen LogP contribution in [0, 0.1) is 10.8 Å². The van der Waals surface area contributed by atoms with Crippen LogP contribution in [-0.4, -0.2) is 43.3 Å². The molecule has 6 nitrogen and oxygen atoms in total. The fraction of sp³-hybridized carbons (Fsp3) is 0.773. The van der Waals surface area contributed by atoms with Gasteiger partial charge in [-0.05, 0) is 58.4 Å². The average Bonchev–Trinajstić information content (AvgIpc) is 3.08. The number of unbranched alkanes of at least 4 members (excludes halogenated alkanes) is 15. The molecular formula is C44H80O6S. The Morgan fingerprint density at radius 3 is 1.65 bits per heavy atom. The van der Waals surface area contributed by atoms with Crippen LogP contribution >= 0.6 is 11.8 Å². The predicted octanol–water partition coefficient (Wildman–Crippen LogP) is 13.4. The molecule has 1 aromatic rings. The Hall–Kier alpha value is -1.99. The van der Waals surface area contributed by atoms with Gasteiger partial charge in [-0.3, -0.25) is 9.59 Å². The molecule has 0 bridgehead atoms. The number of benzene rings is 1. The summed E-state index contributed by atoms with van der Waals surface area (Å²) in [6, 6.07) is 10.3. The molecule has 0 spiro atoms. The molecule has 0 fully saturated rings. The maximum Gasteiger partial charge on any atom is 0.312 e. The lowest BCUT2D eigenvalue weighted by Crippen LogP contribution is -2.30. The van der Waals surface area contributed by atoms with Gasteiger partial charge in [0.15, 0.2) is 0 Å². The van der Waals surface area contributed by atoms with Crippen molar-refractivity contribution in [1.29, 1.82) is 0 Å². The molecule has 7 heteroatoms. The highest BCUT2D eigenvalue weighted by Gasteiger charge is 2.33. The smallest absolute Gasteiger partial charge is 0.312 e. The molecule has 0 N–H and O–H groups in total. The number of hydrogen-bond acceptors (Lipinski definition) is 7. The van der Waals surface area contributed by atoms with Crippen molar-refractivity contribution in [3.63, 3.8) is 0 Å². The lowest BCUT2D eigenvalue weighted by molar-refractivity contribution is -0.265. The molecule has 0 amide bonds. The Morgan fingerprint density at radius 2 is 1.14 bits per heavy atom. The summed E-state index contributed by atoms with van der Waals surface area (Å²) >= 11 is 1.55. The molecule has 1 atom stereocenters. The molecule has 0 radical (unpaired) electrons. The maximum atomic E-state index is 12.8. The van der Waals surface area contributed by atoms with E-state index in [1.54, 1.807) is 11.8 Å². The summed E-state index contributed by atoms with van der Waals surface area (Å²) in [6.07, 6.45) is 22.9. The van der Waals surface area contributed by atoms with Crippen molar-refractivity contribution in [2.45, 2.75) is 178 Å².